The molecule has 0 fully saturated rings. The van der Waals surface area contributed by atoms with E-state index in [-0.39, 0.29) is 16.4 Å². The number of ether oxygens (including phenoxy) is 1. The molecule has 2 rings (SSSR count). The summed E-state index contributed by atoms with van der Waals surface area (Å²) in [7, 11) is 0. The van der Waals surface area contributed by atoms with Crippen LogP contribution in [0, 0.1) is 0 Å². The average Bonchev–Trinajstić information content (AvgIpc) is 2.34. The maximum Gasteiger partial charge on any atom is 0.422 e. The van der Waals surface area contributed by atoms with Crippen molar-refractivity contribution in [1.82, 2.24) is 4.98 Å². The molecule has 1 heterocycles. The highest BCUT2D eigenvalue weighted by molar-refractivity contribution is 7.80. The molecule has 0 unspecified atom stereocenters. The predicted octanol–water partition coefficient (Wildman–Crippen LogP) is 2.81. The molecule has 7 heteroatoms. The molecule has 0 spiro atoms. The number of halogens is 3. The molecular formula is C12H9F3N2OS. The largest absolute Gasteiger partial charge is 0.467 e. The maximum atomic E-state index is 12.2. The number of para-hydroxylation sites is 1. The number of thiocarbonyl (C=S) groups is 1. The molecule has 0 amide bonds. The molecule has 100 valence electrons. The van der Waals surface area contributed by atoms with Crippen molar-refractivity contribution < 1.29 is 17.9 Å². The van der Waals surface area contributed by atoms with Gasteiger partial charge in [0.25, 0.3) is 0 Å². The molecule has 1 aromatic carbocycles. The van der Waals surface area contributed by atoms with Crippen molar-refractivity contribution in [3.8, 4) is 5.88 Å². The van der Waals surface area contributed by atoms with Gasteiger partial charge in [0.2, 0.25) is 5.88 Å². The summed E-state index contributed by atoms with van der Waals surface area (Å²) in [4.78, 5) is 3.95. The zero-order valence-corrected chi connectivity index (χ0v) is 10.4. The zero-order chi connectivity index (χ0) is 14.0. The summed E-state index contributed by atoms with van der Waals surface area (Å²) in [5.41, 5.74) is 6.18. The summed E-state index contributed by atoms with van der Waals surface area (Å²) >= 11 is 4.80. The molecule has 0 aliphatic rings. The van der Waals surface area contributed by atoms with E-state index < -0.39 is 12.8 Å². The second kappa shape index (κ2) is 5.00. The summed E-state index contributed by atoms with van der Waals surface area (Å²) in [5.74, 6) is -0.205. The van der Waals surface area contributed by atoms with Gasteiger partial charge in [-0.25, -0.2) is 4.98 Å². The summed E-state index contributed by atoms with van der Waals surface area (Å²) < 4.78 is 41.2. The minimum absolute atomic E-state index is 0.0598. The van der Waals surface area contributed by atoms with E-state index in [2.05, 4.69) is 9.72 Å². The van der Waals surface area contributed by atoms with E-state index in [1.54, 1.807) is 30.3 Å². The topological polar surface area (TPSA) is 48.1 Å². The molecule has 0 atom stereocenters. The van der Waals surface area contributed by atoms with Crippen molar-refractivity contribution >= 4 is 28.1 Å². The minimum atomic E-state index is -4.44. The molecule has 0 aliphatic carbocycles. The van der Waals surface area contributed by atoms with E-state index >= 15 is 0 Å². The van der Waals surface area contributed by atoms with E-state index in [0.29, 0.717) is 5.52 Å². The van der Waals surface area contributed by atoms with Crippen LogP contribution in [-0.2, 0) is 0 Å². The summed E-state index contributed by atoms with van der Waals surface area (Å²) in [6, 6.07) is 8.50. The maximum absolute atomic E-state index is 12.2. The van der Waals surface area contributed by atoms with Gasteiger partial charge in [-0.15, -0.1) is 0 Å². The number of aromatic nitrogens is 1. The highest BCUT2D eigenvalue weighted by atomic mass is 32.1. The number of alkyl halides is 3. The Morgan fingerprint density at radius 3 is 2.63 bits per heavy atom. The van der Waals surface area contributed by atoms with Crippen LogP contribution in [0.2, 0.25) is 0 Å². The van der Waals surface area contributed by atoms with Gasteiger partial charge in [0, 0.05) is 5.39 Å². The van der Waals surface area contributed by atoms with Gasteiger partial charge in [-0.2, -0.15) is 13.2 Å². The molecule has 0 bridgehead atoms. The Morgan fingerprint density at radius 2 is 2.00 bits per heavy atom. The first-order valence-corrected chi connectivity index (χ1v) is 5.67. The quantitative estimate of drug-likeness (QED) is 0.881. The molecule has 0 radical (unpaired) electrons. The fourth-order valence-corrected chi connectivity index (χ4v) is 1.68. The lowest BCUT2D eigenvalue weighted by Gasteiger charge is -2.12. The van der Waals surface area contributed by atoms with Crippen LogP contribution in [0.25, 0.3) is 10.9 Å². The fraction of sp³-hybridized carbons (Fsp3) is 0.167. The first-order valence-electron chi connectivity index (χ1n) is 5.26. The number of benzene rings is 1. The van der Waals surface area contributed by atoms with E-state index in [1.807, 2.05) is 0 Å². The normalized spacial score (nSPS) is 11.5. The minimum Gasteiger partial charge on any atom is -0.467 e. The van der Waals surface area contributed by atoms with Gasteiger partial charge in [-0.3, -0.25) is 0 Å². The van der Waals surface area contributed by atoms with E-state index in [9.17, 15) is 13.2 Å². The van der Waals surface area contributed by atoms with Crippen molar-refractivity contribution in [2.75, 3.05) is 6.61 Å². The third-order valence-electron chi connectivity index (χ3n) is 2.33. The number of fused-ring (bicyclic) bond motifs is 1. The van der Waals surface area contributed by atoms with E-state index in [0.717, 1.165) is 5.39 Å². The van der Waals surface area contributed by atoms with Crippen LogP contribution < -0.4 is 10.5 Å². The van der Waals surface area contributed by atoms with Crippen molar-refractivity contribution in [3.05, 3.63) is 35.9 Å². The molecule has 0 saturated heterocycles. The third kappa shape index (κ3) is 3.31. The summed E-state index contributed by atoms with van der Waals surface area (Å²) in [6.07, 6.45) is -4.44. The highest BCUT2D eigenvalue weighted by Gasteiger charge is 2.29. The summed E-state index contributed by atoms with van der Waals surface area (Å²) in [5, 5.41) is 0.727. The number of hydrogen-bond acceptors (Lipinski definition) is 3. The molecule has 2 aromatic rings. The number of nitrogens with two attached hydrogens (primary N) is 1. The van der Waals surface area contributed by atoms with Gasteiger partial charge in [0.05, 0.1) is 11.1 Å². The molecule has 19 heavy (non-hydrogen) atoms. The molecule has 0 aliphatic heterocycles. The average molecular weight is 286 g/mol. The lowest BCUT2D eigenvalue weighted by molar-refractivity contribution is -0.154. The SMILES string of the molecule is NC(=S)c1cc2ccccc2nc1OCC(F)(F)F. The van der Waals surface area contributed by atoms with Crippen LogP contribution in [0.1, 0.15) is 5.56 Å². The second-order valence-corrected chi connectivity index (χ2v) is 4.24. The third-order valence-corrected chi connectivity index (χ3v) is 2.55. The van der Waals surface area contributed by atoms with Crippen LogP contribution in [0.3, 0.4) is 0 Å². The van der Waals surface area contributed by atoms with E-state index in [4.69, 9.17) is 18.0 Å². The number of pyridine rings is 1. The molecule has 2 N–H and O–H groups in total. The Morgan fingerprint density at radius 1 is 1.32 bits per heavy atom. The van der Waals surface area contributed by atoms with Crippen LogP contribution in [0.4, 0.5) is 13.2 Å². The van der Waals surface area contributed by atoms with Crippen molar-refractivity contribution in [2.24, 2.45) is 5.73 Å². The standard InChI is InChI=1S/C12H9F3N2OS/c13-12(14,15)6-18-11-8(10(16)19)5-7-3-1-2-4-9(7)17-11/h1-5H,6H2,(H2,16,19). The fourth-order valence-electron chi connectivity index (χ4n) is 1.54. The Labute approximate surface area is 112 Å². The lowest BCUT2D eigenvalue weighted by Crippen LogP contribution is -2.21. The van der Waals surface area contributed by atoms with Crippen LogP contribution in [-0.4, -0.2) is 22.8 Å². The summed E-state index contributed by atoms with van der Waals surface area (Å²) in [6.45, 7) is -1.44. The van der Waals surface area contributed by atoms with Gasteiger partial charge < -0.3 is 10.5 Å². The molecule has 1 aromatic heterocycles. The van der Waals surface area contributed by atoms with Gasteiger partial charge in [-0.1, -0.05) is 30.4 Å². The lowest BCUT2D eigenvalue weighted by atomic mass is 10.1. The molecular weight excluding hydrogens is 277 g/mol. The van der Waals surface area contributed by atoms with Crippen molar-refractivity contribution in [2.45, 2.75) is 6.18 Å². The van der Waals surface area contributed by atoms with Crippen molar-refractivity contribution in [1.29, 1.82) is 0 Å². The smallest absolute Gasteiger partial charge is 0.422 e. The first kappa shape index (κ1) is 13.5. The van der Waals surface area contributed by atoms with E-state index in [1.165, 1.54) is 0 Å². The Balaban J connectivity index is 2.45. The Bertz CT molecular complexity index is 628. The van der Waals surface area contributed by atoms with Gasteiger partial charge in [0.1, 0.15) is 4.99 Å². The predicted molar refractivity (Wildman–Crippen MR) is 69.2 cm³/mol. The Hall–Kier alpha value is -1.89. The first-order chi connectivity index (χ1) is 8.87. The number of nitrogens with zero attached hydrogens (tertiary/aromatic N) is 1. The monoisotopic (exact) mass is 286 g/mol. The Kier molecular flexibility index (Phi) is 3.57. The zero-order valence-electron chi connectivity index (χ0n) is 9.57. The highest BCUT2D eigenvalue weighted by Crippen LogP contribution is 2.24. The second-order valence-electron chi connectivity index (χ2n) is 3.80. The van der Waals surface area contributed by atoms with Crippen molar-refractivity contribution in [3.63, 3.8) is 0 Å². The van der Waals surface area contributed by atoms with Gasteiger partial charge >= 0.3 is 6.18 Å². The number of hydrogen-bond donors (Lipinski definition) is 1. The van der Waals surface area contributed by atoms with Crippen LogP contribution in [0.5, 0.6) is 5.88 Å². The van der Waals surface area contributed by atoms with Crippen LogP contribution >= 0.6 is 12.2 Å². The van der Waals surface area contributed by atoms with Gasteiger partial charge in [0.15, 0.2) is 6.61 Å². The van der Waals surface area contributed by atoms with Gasteiger partial charge in [-0.05, 0) is 12.1 Å². The van der Waals surface area contributed by atoms with Crippen LogP contribution in [0.15, 0.2) is 30.3 Å². The molecule has 3 nitrogen and oxygen atoms in total. The molecule has 0 saturated carbocycles. The number of rotatable bonds is 3.